The first-order chi connectivity index (χ1) is 6.97. The summed E-state index contributed by atoms with van der Waals surface area (Å²) < 4.78 is 25.8. The molecule has 0 amide bonds. The van der Waals surface area contributed by atoms with Crippen LogP contribution in [0.3, 0.4) is 0 Å². The summed E-state index contributed by atoms with van der Waals surface area (Å²) in [4.78, 5) is 0. The fourth-order valence-corrected chi connectivity index (χ4v) is 2.86. The molecule has 0 saturated heterocycles. The van der Waals surface area contributed by atoms with E-state index in [9.17, 15) is 8.42 Å². The van der Waals surface area contributed by atoms with Crippen LogP contribution < -0.4 is 10.5 Å². The third-order valence-corrected chi connectivity index (χ3v) is 5.10. The molecule has 0 spiro atoms. The van der Waals surface area contributed by atoms with Crippen molar-refractivity contribution in [1.82, 2.24) is 4.72 Å². The minimum Gasteiger partial charge on any atom is -0.330 e. The van der Waals surface area contributed by atoms with Crippen LogP contribution in [0.25, 0.3) is 0 Å². The number of nitrogens with one attached hydrogen (secondary N) is 1. The summed E-state index contributed by atoms with van der Waals surface area (Å²) in [5.41, 5.74) is 5.65. The van der Waals surface area contributed by atoms with Crippen molar-refractivity contribution in [3.05, 3.63) is 0 Å². The van der Waals surface area contributed by atoms with Gasteiger partial charge in [0.2, 0.25) is 10.0 Å². The molecule has 5 heteroatoms. The molecule has 90 valence electrons. The Bertz CT molecular complexity index is 288. The smallest absolute Gasteiger partial charge is 0.213 e. The molecule has 1 aliphatic carbocycles. The average Bonchev–Trinajstić information content (AvgIpc) is 2.61. The Balaban J connectivity index is 2.43. The highest BCUT2D eigenvalue weighted by atomic mass is 32.2. The van der Waals surface area contributed by atoms with Gasteiger partial charge in [0.1, 0.15) is 0 Å². The molecule has 1 aliphatic rings. The fraction of sp³-hybridized carbons (Fsp3) is 1.00. The van der Waals surface area contributed by atoms with Gasteiger partial charge in [-0.1, -0.05) is 6.42 Å². The molecule has 1 rings (SSSR count). The second kappa shape index (κ2) is 5.27. The van der Waals surface area contributed by atoms with Crippen LogP contribution in [0.2, 0.25) is 0 Å². The molecule has 4 nitrogen and oxygen atoms in total. The van der Waals surface area contributed by atoms with Crippen molar-refractivity contribution >= 4 is 10.0 Å². The van der Waals surface area contributed by atoms with E-state index in [4.69, 9.17) is 5.73 Å². The molecule has 0 radical (unpaired) electrons. The highest BCUT2D eigenvalue weighted by Gasteiger charge is 2.27. The molecule has 0 aromatic carbocycles. The SMILES string of the molecule is CC(C)S(=O)(=O)NCC1CCCC1CN. The topological polar surface area (TPSA) is 72.2 Å². The van der Waals surface area contributed by atoms with Gasteiger partial charge >= 0.3 is 0 Å². The Labute approximate surface area is 92.7 Å². The maximum absolute atomic E-state index is 11.5. The third-order valence-electron chi connectivity index (χ3n) is 3.29. The molecule has 0 aromatic heterocycles. The van der Waals surface area contributed by atoms with Crippen LogP contribution in [0.1, 0.15) is 33.1 Å². The molecule has 0 heterocycles. The molecular weight excluding hydrogens is 212 g/mol. The zero-order valence-corrected chi connectivity index (χ0v) is 10.4. The Morgan fingerprint density at radius 2 is 1.93 bits per heavy atom. The number of hydrogen-bond acceptors (Lipinski definition) is 3. The van der Waals surface area contributed by atoms with Gasteiger partial charge in [0.15, 0.2) is 0 Å². The van der Waals surface area contributed by atoms with Gasteiger partial charge in [-0.05, 0) is 45.1 Å². The first-order valence-corrected chi connectivity index (χ1v) is 7.20. The zero-order chi connectivity index (χ0) is 11.5. The molecule has 0 bridgehead atoms. The predicted octanol–water partition coefficient (Wildman–Crippen LogP) is 0.689. The average molecular weight is 234 g/mol. The van der Waals surface area contributed by atoms with Crippen LogP contribution in [0, 0.1) is 11.8 Å². The molecule has 1 saturated carbocycles. The molecule has 15 heavy (non-hydrogen) atoms. The molecule has 2 unspecified atom stereocenters. The van der Waals surface area contributed by atoms with E-state index in [0.29, 0.717) is 24.9 Å². The summed E-state index contributed by atoms with van der Waals surface area (Å²) in [6, 6.07) is 0. The largest absolute Gasteiger partial charge is 0.330 e. The van der Waals surface area contributed by atoms with E-state index in [1.54, 1.807) is 13.8 Å². The van der Waals surface area contributed by atoms with Crippen molar-refractivity contribution in [2.75, 3.05) is 13.1 Å². The van der Waals surface area contributed by atoms with Crippen molar-refractivity contribution in [3.63, 3.8) is 0 Å². The first-order valence-electron chi connectivity index (χ1n) is 5.66. The Morgan fingerprint density at radius 1 is 1.33 bits per heavy atom. The van der Waals surface area contributed by atoms with E-state index in [-0.39, 0.29) is 5.25 Å². The normalized spacial score (nSPS) is 27.5. The van der Waals surface area contributed by atoms with E-state index < -0.39 is 10.0 Å². The summed E-state index contributed by atoms with van der Waals surface area (Å²) in [5, 5.41) is -0.352. The van der Waals surface area contributed by atoms with Crippen LogP contribution in [-0.2, 0) is 10.0 Å². The lowest BCUT2D eigenvalue weighted by atomic mass is 9.97. The van der Waals surface area contributed by atoms with Crippen LogP contribution in [-0.4, -0.2) is 26.8 Å². The molecular formula is C10H22N2O2S. The van der Waals surface area contributed by atoms with Gasteiger partial charge in [0, 0.05) is 6.54 Å². The summed E-state index contributed by atoms with van der Waals surface area (Å²) in [7, 11) is -3.11. The second-order valence-corrected chi connectivity index (χ2v) is 6.95. The summed E-state index contributed by atoms with van der Waals surface area (Å²) in [5.74, 6) is 0.934. The lowest BCUT2D eigenvalue weighted by molar-refractivity contribution is 0.392. The van der Waals surface area contributed by atoms with Gasteiger partial charge in [-0.3, -0.25) is 0 Å². The Kier molecular flexibility index (Phi) is 4.55. The van der Waals surface area contributed by atoms with E-state index in [2.05, 4.69) is 4.72 Å². The number of nitrogens with two attached hydrogens (primary N) is 1. The van der Waals surface area contributed by atoms with Gasteiger partial charge in [-0.2, -0.15) is 0 Å². The van der Waals surface area contributed by atoms with E-state index in [1.807, 2.05) is 0 Å². The molecule has 2 atom stereocenters. The summed E-state index contributed by atoms with van der Waals surface area (Å²) in [6.45, 7) is 4.62. The van der Waals surface area contributed by atoms with Crippen LogP contribution in [0.15, 0.2) is 0 Å². The maximum Gasteiger partial charge on any atom is 0.213 e. The van der Waals surface area contributed by atoms with E-state index in [1.165, 1.54) is 6.42 Å². The zero-order valence-electron chi connectivity index (χ0n) is 9.57. The highest BCUT2D eigenvalue weighted by molar-refractivity contribution is 7.90. The van der Waals surface area contributed by atoms with E-state index in [0.717, 1.165) is 12.8 Å². The van der Waals surface area contributed by atoms with Gasteiger partial charge < -0.3 is 5.73 Å². The lowest BCUT2D eigenvalue weighted by Gasteiger charge is -2.19. The second-order valence-electron chi connectivity index (χ2n) is 4.63. The van der Waals surface area contributed by atoms with Crippen molar-refractivity contribution in [2.24, 2.45) is 17.6 Å². The molecule has 0 aromatic rings. The summed E-state index contributed by atoms with van der Waals surface area (Å²) >= 11 is 0. The number of sulfonamides is 1. The minimum atomic E-state index is -3.11. The minimum absolute atomic E-state index is 0.352. The van der Waals surface area contributed by atoms with Gasteiger partial charge in [0.25, 0.3) is 0 Å². The van der Waals surface area contributed by atoms with Crippen LogP contribution in [0.5, 0.6) is 0 Å². The maximum atomic E-state index is 11.5. The van der Waals surface area contributed by atoms with Gasteiger partial charge in [0.05, 0.1) is 5.25 Å². The van der Waals surface area contributed by atoms with E-state index >= 15 is 0 Å². The molecule has 3 N–H and O–H groups in total. The Hall–Kier alpha value is -0.130. The highest BCUT2D eigenvalue weighted by Crippen LogP contribution is 2.30. The molecule has 1 fully saturated rings. The first kappa shape index (κ1) is 12.9. The third kappa shape index (κ3) is 3.43. The van der Waals surface area contributed by atoms with Crippen molar-refractivity contribution in [1.29, 1.82) is 0 Å². The van der Waals surface area contributed by atoms with Crippen LogP contribution in [0.4, 0.5) is 0 Å². The van der Waals surface area contributed by atoms with Gasteiger partial charge in [-0.15, -0.1) is 0 Å². The number of hydrogen-bond donors (Lipinski definition) is 2. The standard InChI is InChI=1S/C10H22N2O2S/c1-8(2)15(13,14)12-7-10-5-3-4-9(10)6-11/h8-10,12H,3-7,11H2,1-2H3. The Morgan fingerprint density at radius 3 is 2.47 bits per heavy atom. The number of rotatable bonds is 5. The van der Waals surface area contributed by atoms with Crippen LogP contribution >= 0.6 is 0 Å². The fourth-order valence-electron chi connectivity index (χ4n) is 2.08. The van der Waals surface area contributed by atoms with Crippen molar-refractivity contribution in [3.8, 4) is 0 Å². The predicted molar refractivity (Wildman–Crippen MR) is 61.9 cm³/mol. The lowest BCUT2D eigenvalue weighted by Crippen LogP contribution is -2.36. The quantitative estimate of drug-likeness (QED) is 0.735. The van der Waals surface area contributed by atoms with Gasteiger partial charge in [-0.25, -0.2) is 13.1 Å². The summed E-state index contributed by atoms with van der Waals surface area (Å²) in [6.07, 6.45) is 3.42. The monoisotopic (exact) mass is 234 g/mol. The van der Waals surface area contributed by atoms with Crippen molar-refractivity contribution in [2.45, 2.75) is 38.4 Å². The molecule has 0 aliphatic heterocycles. The van der Waals surface area contributed by atoms with Crippen molar-refractivity contribution < 1.29 is 8.42 Å².